The number of rotatable bonds is 5. The molecule has 0 aliphatic rings. The third kappa shape index (κ3) is 3.28. The molecule has 0 aliphatic carbocycles. The number of thiazole rings is 1. The van der Waals surface area contributed by atoms with E-state index in [-0.39, 0.29) is 6.04 Å². The molecule has 0 spiro atoms. The summed E-state index contributed by atoms with van der Waals surface area (Å²) in [5.41, 5.74) is 1.29. The Bertz CT molecular complexity index is 735. The van der Waals surface area contributed by atoms with E-state index in [1.807, 2.05) is 18.6 Å². The molecule has 3 nitrogen and oxygen atoms in total. The minimum absolute atomic E-state index is 0.281. The minimum Gasteiger partial charge on any atom is -0.304 e. The lowest BCUT2D eigenvalue weighted by atomic mass is 10.1. The van der Waals surface area contributed by atoms with Gasteiger partial charge in [0.2, 0.25) is 0 Å². The molecule has 21 heavy (non-hydrogen) atoms. The zero-order valence-electron chi connectivity index (χ0n) is 12.3. The van der Waals surface area contributed by atoms with Crippen molar-refractivity contribution in [3.8, 4) is 0 Å². The van der Waals surface area contributed by atoms with Gasteiger partial charge in [0, 0.05) is 35.4 Å². The van der Waals surface area contributed by atoms with Gasteiger partial charge >= 0.3 is 0 Å². The summed E-state index contributed by atoms with van der Waals surface area (Å²) >= 11 is 1.80. The Balaban J connectivity index is 1.68. The molecule has 2 heterocycles. The molecule has 1 aromatic carbocycles. The van der Waals surface area contributed by atoms with Crippen molar-refractivity contribution in [2.24, 2.45) is 0 Å². The van der Waals surface area contributed by atoms with Crippen LogP contribution in [0.4, 0.5) is 0 Å². The van der Waals surface area contributed by atoms with Gasteiger partial charge in [-0.15, -0.1) is 11.3 Å². The van der Waals surface area contributed by atoms with Gasteiger partial charge in [0.1, 0.15) is 5.01 Å². The molecule has 0 fully saturated rings. The number of pyridine rings is 1. The van der Waals surface area contributed by atoms with Crippen molar-refractivity contribution in [3.63, 3.8) is 0 Å². The van der Waals surface area contributed by atoms with Crippen LogP contribution in [0.3, 0.4) is 0 Å². The molecule has 2 aromatic heterocycles. The van der Waals surface area contributed by atoms with Crippen molar-refractivity contribution in [2.75, 3.05) is 0 Å². The maximum absolute atomic E-state index is 4.50. The normalized spacial score (nSPS) is 12.7. The molecule has 108 valence electrons. The first-order chi connectivity index (χ1) is 10.3. The Hall–Kier alpha value is -1.78. The molecule has 1 N–H and O–H groups in total. The van der Waals surface area contributed by atoms with E-state index in [1.165, 1.54) is 21.2 Å². The second-order valence-electron chi connectivity index (χ2n) is 5.18. The van der Waals surface area contributed by atoms with Crippen molar-refractivity contribution < 1.29 is 0 Å². The molecule has 0 bridgehead atoms. The Morgan fingerprint density at radius 2 is 2.10 bits per heavy atom. The fraction of sp³-hybridized carbons (Fsp3) is 0.294. The number of fused-ring (bicyclic) bond motifs is 1. The summed E-state index contributed by atoms with van der Waals surface area (Å²) in [5.74, 6) is 0. The lowest BCUT2D eigenvalue weighted by Crippen LogP contribution is -2.17. The first-order valence-electron chi connectivity index (χ1n) is 7.27. The number of aryl methyl sites for hydroxylation is 1. The number of nitrogens with zero attached hydrogens (tertiary/aromatic N) is 2. The summed E-state index contributed by atoms with van der Waals surface area (Å²) < 4.78 is 0. The molecule has 0 radical (unpaired) electrons. The van der Waals surface area contributed by atoms with Crippen LogP contribution in [0.25, 0.3) is 10.8 Å². The van der Waals surface area contributed by atoms with Gasteiger partial charge in [0.05, 0.1) is 6.04 Å². The van der Waals surface area contributed by atoms with Crippen molar-refractivity contribution in [2.45, 2.75) is 32.9 Å². The quantitative estimate of drug-likeness (QED) is 0.770. The van der Waals surface area contributed by atoms with Crippen LogP contribution in [0.2, 0.25) is 0 Å². The highest BCUT2D eigenvalue weighted by atomic mass is 32.1. The van der Waals surface area contributed by atoms with Gasteiger partial charge in [0.25, 0.3) is 0 Å². The van der Waals surface area contributed by atoms with E-state index in [4.69, 9.17) is 0 Å². The Kier molecular flexibility index (Phi) is 4.27. The summed E-state index contributed by atoms with van der Waals surface area (Å²) in [6.07, 6.45) is 6.78. The van der Waals surface area contributed by atoms with Crippen LogP contribution in [-0.2, 0) is 13.0 Å². The van der Waals surface area contributed by atoms with Gasteiger partial charge in [0.15, 0.2) is 0 Å². The van der Waals surface area contributed by atoms with Gasteiger partial charge in [-0.1, -0.05) is 19.1 Å². The predicted octanol–water partition coefficient (Wildman–Crippen LogP) is 4.10. The number of hydrogen-bond acceptors (Lipinski definition) is 4. The van der Waals surface area contributed by atoms with E-state index >= 15 is 0 Å². The third-order valence-corrected chi connectivity index (χ3v) is 4.93. The molecule has 0 amide bonds. The highest BCUT2D eigenvalue weighted by Crippen LogP contribution is 2.21. The summed E-state index contributed by atoms with van der Waals surface area (Å²) in [7, 11) is 0. The van der Waals surface area contributed by atoms with Gasteiger partial charge in [-0.25, -0.2) is 4.98 Å². The van der Waals surface area contributed by atoms with Crippen LogP contribution >= 0.6 is 11.3 Å². The van der Waals surface area contributed by atoms with E-state index in [0.29, 0.717) is 0 Å². The molecule has 4 heteroatoms. The van der Waals surface area contributed by atoms with Crippen LogP contribution < -0.4 is 5.32 Å². The fourth-order valence-electron chi connectivity index (χ4n) is 2.29. The van der Waals surface area contributed by atoms with E-state index in [9.17, 15) is 0 Å². The average Bonchev–Trinajstić information content (AvgIpc) is 3.01. The van der Waals surface area contributed by atoms with Gasteiger partial charge < -0.3 is 5.32 Å². The number of nitrogens with one attached hydrogen (secondary N) is 1. The molecule has 0 saturated carbocycles. The van der Waals surface area contributed by atoms with Crippen molar-refractivity contribution in [1.29, 1.82) is 0 Å². The highest BCUT2D eigenvalue weighted by molar-refractivity contribution is 7.11. The van der Waals surface area contributed by atoms with Crippen LogP contribution in [-0.4, -0.2) is 9.97 Å². The zero-order chi connectivity index (χ0) is 14.7. The first-order valence-corrected chi connectivity index (χ1v) is 8.08. The number of aromatic nitrogens is 2. The monoisotopic (exact) mass is 297 g/mol. The van der Waals surface area contributed by atoms with E-state index < -0.39 is 0 Å². The summed E-state index contributed by atoms with van der Waals surface area (Å²) in [4.78, 5) is 9.99. The smallest absolute Gasteiger partial charge is 0.109 e. The lowest BCUT2D eigenvalue weighted by molar-refractivity contribution is 0.572. The predicted molar refractivity (Wildman–Crippen MR) is 88.5 cm³/mol. The molecule has 3 aromatic rings. The van der Waals surface area contributed by atoms with E-state index in [1.54, 1.807) is 11.3 Å². The van der Waals surface area contributed by atoms with Crippen LogP contribution in [0.15, 0.2) is 42.9 Å². The first kappa shape index (κ1) is 14.2. The molecule has 3 rings (SSSR count). The number of benzene rings is 1. The van der Waals surface area contributed by atoms with Crippen molar-refractivity contribution >= 4 is 22.1 Å². The van der Waals surface area contributed by atoms with Crippen LogP contribution in [0, 0.1) is 0 Å². The third-order valence-electron chi connectivity index (χ3n) is 3.61. The zero-order valence-corrected chi connectivity index (χ0v) is 13.2. The van der Waals surface area contributed by atoms with E-state index in [0.717, 1.165) is 18.0 Å². The highest BCUT2D eigenvalue weighted by Gasteiger charge is 2.09. The molecular formula is C17H19N3S. The van der Waals surface area contributed by atoms with Gasteiger partial charge in [-0.3, -0.25) is 4.98 Å². The van der Waals surface area contributed by atoms with Gasteiger partial charge in [-0.05, 0) is 36.4 Å². The second-order valence-corrected chi connectivity index (χ2v) is 6.32. The van der Waals surface area contributed by atoms with Crippen LogP contribution in [0.1, 0.15) is 35.3 Å². The summed E-state index contributed by atoms with van der Waals surface area (Å²) in [6, 6.07) is 8.83. The van der Waals surface area contributed by atoms with E-state index in [2.05, 4.69) is 53.4 Å². The van der Waals surface area contributed by atoms with Crippen LogP contribution in [0.5, 0.6) is 0 Å². The Morgan fingerprint density at radius 1 is 1.19 bits per heavy atom. The van der Waals surface area contributed by atoms with Gasteiger partial charge in [-0.2, -0.15) is 0 Å². The fourth-order valence-corrected chi connectivity index (χ4v) is 3.17. The Morgan fingerprint density at radius 3 is 2.90 bits per heavy atom. The lowest BCUT2D eigenvalue weighted by Gasteiger charge is -2.11. The average molecular weight is 297 g/mol. The number of hydrogen-bond donors (Lipinski definition) is 1. The molecule has 0 saturated heterocycles. The molecular weight excluding hydrogens is 278 g/mol. The molecule has 0 aliphatic heterocycles. The second kappa shape index (κ2) is 6.33. The standard InChI is InChI=1S/C17H19N3S/c1-3-16-11-20-17(21-16)12(2)19-9-13-4-5-15-10-18-7-6-14(15)8-13/h4-8,10-12,19H,3,9H2,1-2H3. The van der Waals surface area contributed by atoms with Crippen molar-refractivity contribution in [1.82, 2.24) is 15.3 Å². The summed E-state index contributed by atoms with van der Waals surface area (Å²) in [6.45, 7) is 5.18. The Labute approximate surface area is 129 Å². The van der Waals surface area contributed by atoms with Crippen molar-refractivity contribution in [3.05, 3.63) is 58.3 Å². The maximum Gasteiger partial charge on any atom is 0.109 e. The maximum atomic E-state index is 4.50. The summed E-state index contributed by atoms with van der Waals surface area (Å²) in [5, 5.41) is 7.13. The molecule has 1 unspecified atom stereocenters. The SMILES string of the molecule is CCc1cnc(C(C)NCc2ccc3cnccc3c2)s1. The topological polar surface area (TPSA) is 37.8 Å². The minimum atomic E-state index is 0.281. The molecule has 1 atom stereocenters. The largest absolute Gasteiger partial charge is 0.304 e.